The summed E-state index contributed by atoms with van der Waals surface area (Å²) in [4.78, 5) is 35.6. The van der Waals surface area contributed by atoms with Gasteiger partial charge in [-0.3, -0.25) is 9.59 Å². The summed E-state index contributed by atoms with van der Waals surface area (Å²) in [7, 11) is 1.20. The van der Waals surface area contributed by atoms with Gasteiger partial charge in [0.05, 0.1) is 18.2 Å². The third-order valence-electron chi connectivity index (χ3n) is 3.11. The predicted octanol–water partition coefficient (Wildman–Crippen LogP) is 2.33. The molecule has 3 N–H and O–H groups in total. The van der Waals surface area contributed by atoms with Crippen LogP contribution >= 0.6 is 11.3 Å². The molecule has 2 rings (SSSR count). The van der Waals surface area contributed by atoms with Crippen LogP contribution in [-0.4, -0.2) is 24.9 Å². The maximum absolute atomic E-state index is 13.6. The number of primary amides is 1. The summed E-state index contributed by atoms with van der Waals surface area (Å²) in [6.07, 6.45) is 0. The lowest BCUT2D eigenvalue weighted by molar-refractivity contribution is 0.0605. The fourth-order valence-corrected chi connectivity index (χ4v) is 3.13. The zero-order chi connectivity index (χ0) is 17.1. The molecule has 2 aromatic rings. The number of esters is 1. The molecule has 0 aliphatic rings. The first-order valence-corrected chi connectivity index (χ1v) is 7.25. The summed E-state index contributed by atoms with van der Waals surface area (Å²) in [6.45, 7) is 1.52. The van der Waals surface area contributed by atoms with E-state index in [9.17, 15) is 18.8 Å². The van der Waals surface area contributed by atoms with Crippen LogP contribution in [0.4, 0.5) is 9.39 Å². The van der Waals surface area contributed by atoms with Gasteiger partial charge in [-0.15, -0.1) is 11.3 Å². The molecule has 2 amide bonds. The van der Waals surface area contributed by atoms with Crippen molar-refractivity contribution in [1.29, 1.82) is 0 Å². The van der Waals surface area contributed by atoms with E-state index >= 15 is 0 Å². The Morgan fingerprint density at radius 3 is 2.48 bits per heavy atom. The number of benzene rings is 1. The third kappa shape index (κ3) is 3.21. The van der Waals surface area contributed by atoms with Gasteiger partial charge in [-0.05, 0) is 24.6 Å². The highest BCUT2D eigenvalue weighted by atomic mass is 32.1. The molecule has 0 spiro atoms. The number of hydrogen-bond acceptors (Lipinski definition) is 5. The molecule has 0 aliphatic heterocycles. The average Bonchev–Trinajstić information content (AvgIpc) is 2.83. The van der Waals surface area contributed by atoms with Crippen LogP contribution in [0.5, 0.6) is 0 Å². The first-order valence-electron chi connectivity index (χ1n) is 6.44. The number of amides is 2. The Kier molecular flexibility index (Phi) is 4.75. The number of methoxy groups -OCH3 is 1. The van der Waals surface area contributed by atoms with E-state index in [1.807, 2.05) is 0 Å². The second-order valence-electron chi connectivity index (χ2n) is 4.55. The van der Waals surface area contributed by atoms with E-state index in [2.05, 4.69) is 10.1 Å². The van der Waals surface area contributed by atoms with Crippen LogP contribution in [0.15, 0.2) is 24.3 Å². The zero-order valence-electron chi connectivity index (χ0n) is 12.3. The summed E-state index contributed by atoms with van der Waals surface area (Å²) < 4.78 is 18.3. The molecule has 0 atom stereocenters. The second kappa shape index (κ2) is 6.57. The van der Waals surface area contributed by atoms with Gasteiger partial charge in [0.1, 0.15) is 15.7 Å². The Labute approximate surface area is 135 Å². The van der Waals surface area contributed by atoms with E-state index in [4.69, 9.17) is 5.73 Å². The normalized spacial score (nSPS) is 10.2. The van der Waals surface area contributed by atoms with Crippen LogP contribution in [-0.2, 0) is 4.74 Å². The first-order chi connectivity index (χ1) is 10.9. The molecule has 0 saturated carbocycles. The Balaban J connectivity index is 2.43. The Bertz CT molecular complexity index is 801. The topological polar surface area (TPSA) is 98.5 Å². The standard InChI is InChI=1S/C15H13FN2O4S/c1-7-10(12(17)19)14(23-11(7)15(21)22-2)18-13(20)8-5-3-4-6-9(8)16/h3-6H,1-2H3,(H2,17,19)(H,18,20). The fourth-order valence-electron chi connectivity index (χ4n) is 2.00. The van der Waals surface area contributed by atoms with Gasteiger partial charge < -0.3 is 15.8 Å². The molecule has 0 aliphatic carbocycles. The predicted molar refractivity (Wildman–Crippen MR) is 83.3 cm³/mol. The number of hydrogen-bond donors (Lipinski definition) is 2. The Hall–Kier alpha value is -2.74. The number of ether oxygens (including phenoxy) is 1. The molecule has 0 bridgehead atoms. The lowest BCUT2D eigenvalue weighted by Crippen LogP contribution is -2.18. The highest BCUT2D eigenvalue weighted by Gasteiger charge is 2.25. The van der Waals surface area contributed by atoms with Gasteiger partial charge in [-0.1, -0.05) is 12.1 Å². The van der Waals surface area contributed by atoms with Crippen molar-refractivity contribution in [3.63, 3.8) is 0 Å². The highest BCUT2D eigenvalue weighted by molar-refractivity contribution is 7.18. The molecular weight excluding hydrogens is 323 g/mol. The highest BCUT2D eigenvalue weighted by Crippen LogP contribution is 2.33. The van der Waals surface area contributed by atoms with E-state index in [0.717, 1.165) is 17.4 Å². The van der Waals surface area contributed by atoms with Gasteiger partial charge in [0.25, 0.3) is 11.8 Å². The largest absolute Gasteiger partial charge is 0.465 e. The van der Waals surface area contributed by atoms with E-state index in [0.29, 0.717) is 5.56 Å². The van der Waals surface area contributed by atoms with Crippen LogP contribution in [0.1, 0.15) is 36.0 Å². The maximum atomic E-state index is 13.6. The lowest BCUT2D eigenvalue weighted by Gasteiger charge is -2.05. The number of rotatable bonds is 4. The quantitative estimate of drug-likeness (QED) is 0.837. The van der Waals surface area contributed by atoms with Crippen LogP contribution in [0, 0.1) is 12.7 Å². The van der Waals surface area contributed by atoms with Crippen molar-refractivity contribution >= 4 is 34.1 Å². The lowest BCUT2D eigenvalue weighted by atomic mass is 10.1. The Morgan fingerprint density at radius 1 is 1.26 bits per heavy atom. The van der Waals surface area contributed by atoms with Gasteiger partial charge in [-0.2, -0.15) is 0 Å². The SMILES string of the molecule is COC(=O)c1sc(NC(=O)c2ccccc2F)c(C(N)=O)c1C. The number of carbonyl (C=O) groups is 3. The van der Waals surface area contributed by atoms with Gasteiger partial charge in [0.2, 0.25) is 0 Å². The van der Waals surface area contributed by atoms with E-state index in [1.54, 1.807) is 0 Å². The van der Waals surface area contributed by atoms with Gasteiger partial charge >= 0.3 is 5.97 Å². The average molecular weight is 336 g/mol. The summed E-state index contributed by atoms with van der Waals surface area (Å²) >= 11 is 0.846. The molecule has 6 nitrogen and oxygen atoms in total. The van der Waals surface area contributed by atoms with E-state index in [-0.39, 0.29) is 21.0 Å². The number of anilines is 1. The van der Waals surface area contributed by atoms with E-state index in [1.165, 1.54) is 32.2 Å². The summed E-state index contributed by atoms with van der Waals surface area (Å²) in [5, 5.41) is 2.49. The smallest absolute Gasteiger partial charge is 0.348 e. The number of halogens is 1. The van der Waals surface area contributed by atoms with Crippen molar-refractivity contribution in [2.24, 2.45) is 5.73 Å². The van der Waals surface area contributed by atoms with Crippen LogP contribution in [0.2, 0.25) is 0 Å². The Morgan fingerprint density at radius 2 is 1.91 bits per heavy atom. The minimum atomic E-state index is -0.808. The van der Waals surface area contributed by atoms with Crippen molar-refractivity contribution in [3.8, 4) is 0 Å². The molecular formula is C15H13FN2O4S. The molecule has 0 unspecified atom stereocenters. The van der Waals surface area contributed by atoms with E-state index < -0.39 is 23.6 Å². The monoisotopic (exact) mass is 336 g/mol. The van der Waals surface area contributed by atoms with Crippen molar-refractivity contribution < 1.29 is 23.5 Å². The molecule has 1 aromatic carbocycles. The molecule has 1 aromatic heterocycles. The van der Waals surface area contributed by atoms with Gasteiger partial charge in [0, 0.05) is 0 Å². The zero-order valence-corrected chi connectivity index (χ0v) is 13.1. The summed E-state index contributed by atoms with van der Waals surface area (Å²) in [6, 6.07) is 5.40. The number of thiophene rings is 1. The number of carbonyl (C=O) groups excluding carboxylic acids is 3. The van der Waals surface area contributed by atoms with Crippen LogP contribution < -0.4 is 11.1 Å². The van der Waals surface area contributed by atoms with Crippen molar-refractivity contribution in [1.82, 2.24) is 0 Å². The first kappa shape index (κ1) is 16.6. The summed E-state index contributed by atoms with van der Waals surface area (Å²) in [5.41, 5.74) is 5.42. The molecule has 0 saturated heterocycles. The van der Waals surface area contributed by atoms with Crippen molar-refractivity contribution in [2.45, 2.75) is 6.92 Å². The molecule has 0 radical (unpaired) electrons. The van der Waals surface area contributed by atoms with Crippen molar-refractivity contribution in [3.05, 3.63) is 51.7 Å². The minimum Gasteiger partial charge on any atom is -0.465 e. The molecule has 1 heterocycles. The van der Waals surface area contributed by atoms with Crippen LogP contribution in [0.3, 0.4) is 0 Å². The minimum absolute atomic E-state index is 0.0000827. The number of nitrogens with one attached hydrogen (secondary N) is 1. The summed E-state index contributed by atoms with van der Waals surface area (Å²) in [5.74, 6) is -2.91. The molecule has 23 heavy (non-hydrogen) atoms. The fraction of sp³-hybridized carbons (Fsp3) is 0.133. The molecule has 0 fully saturated rings. The maximum Gasteiger partial charge on any atom is 0.348 e. The molecule has 8 heteroatoms. The number of nitrogens with two attached hydrogens (primary N) is 1. The van der Waals surface area contributed by atoms with Gasteiger partial charge in [-0.25, -0.2) is 9.18 Å². The molecule has 120 valence electrons. The van der Waals surface area contributed by atoms with Crippen LogP contribution in [0.25, 0.3) is 0 Å². The third-order valence-corrected chi connectivity index (χ3v) is 4.30. The second-order valence-corrected chi connectivity index (χ2v) is 5.57. The van der Waals surface area contributed by atoms with Crippen molar-refractivity contribution in [2.75, 3.05) is 12.4 Å². The van der Waals surface area contributed by atoms with Gasteiger partial charge in [0.15, 0.2) is 0 Å².